The van der Waals surface area contributed by atoms with Gasteiger partial charge < -0.3 is 9.84 Å². The smallest absolute Gasteiger partial charge is 0.116 e. The van der Waals surface area contributed by atoms with Crippen molar-refractivity contribution in [2.75, 3.05) is 13.7 Å². The fourth-order valence-electron chi connectivity index (χ4n) is 2.78. The molecule has 3 aromatic carbocycles. The average molecular weight is 304 g/mol. The summed E-state index contributed by atoms with van der Waals surface area (Å²) >= 11 is 0. The molecule has 0 saturated heterocycles. The molecule has 3 rings (SSSR count). The Hall–Kier alpha value is -2.58. The van der Waals surface area contributed by atoms with E-state index in [0.717, 1.165) is 17.5 Å². The minimum Gasteiger partial charge on any atom is -0.508 e. The number of hydrogen-bond acceptors (Lipinski definition) is 2. The lowest BCUT2D eigenvalue weighted by Crippen LogP contribution is -1.98. The number of phenolic OH excluding ortho intramolecular Hbond substituents is 1. The summed E-state index contributed by atoms with van der Waals surface area (Å²) < 4.78 is 5.26. The number of methoxy groups -OCH3 is 1. The molecule has 0 aliphatic heterocycles. The molecule has 0 spiro atoms. The van der Waals surface area contributed by atoms with Crippen LogP contribution in [0.25, 0.3) is 22.3 Å². The van der Waals surface area contributed by atoms with Crippen LogP contribution in [0.5, 0.6) is 5.75 Å². The van der Waals surface area contributed by atoms with Crippen molar-refractivity contribution < 1.29 is 9.84 Å². The third kappa shape index (κ3) is 3.61. The lowest BCUT2D eigenvalue weighted by atomic mass is 9.93. The summed E-state index contributed by atoms with van der Waals surface area (Å²) in [5.41, 5.74) is 5.78. The Bertz CT molecular complexity index is 779. The number of aromatic hydroxyl groups is 1. The highest BCUT2D eigenvalue weighted by Crippen LogP contribution is 2.31. The number of ether oxygens (including phenoxy) is 1. The van der Waals surface area contributed by atoms with Gasteiger partial charge in [-0.25, -0.2) is 0 Å². The Kier molecular flexibility index (Phi) is 4.74. The van der Waals surface area contributed by atoms with E-state index in [9.17, 15) is 5.11 Å². The van der Waals surface area contributed by atoms with Gasteiger partial charge in [-0.05, 0) is 46.4 Å². The Labute approximate surface area is 137 Å². The van der Waals surface area contributed by atoms with E-state index in [4.69, 9.17) is 4.74 Å². The van der Waals surface area contributed by atoms with Crippen molar-refractivity contribution in [2.45, 2.75) is 6.42 Å². The topological polar surface area (TPSA) is 29.5 Å². The van der Waals surface area contributed by atoms with Gasteiger partial charge in [0.25, 0.3) is 0 Å². The van der Waals surface area contributed by atoms with E-state index in [1.165, 1.54) is 16.7 Å². The maximum absolute atomic E-state index is 9.75. The highest BCUT2D eigenvalue weighted by Gasteiger charge is 2.08. The Morgan fingerprint density at radius 1 is 0.783 bits per heavy atom. The van der Waals surface area contributed by atoms with E-state index in [0.29, 0.717) is 6.61 Å². The Morgan fingerprint density at radius 2 is 1.57 bits per heavy atom. The van der Waals surface area contributed by atoms with E-state index < -0.39 is 0 Å². The van der Waals surface area contributed by atoms with Crippen molar-refractivity contribution in [1.82, 2.24) is 0 Å². The standard InChI is InChI=1S/C21H20O2/c1-23-13-12-19-14-17(16-6-3-2-4-7-16)10-11-21(19)18-8-5-9-20(22)15-18/h2-11,14-15,22H,12-13H2,1H3. The van der Waals surface area contributed by atoms with Crippen LogP contribution in [-0.2, 0) is 11.2 Å². The number of hydrogen-bond donors (Lipinski definition) is 1. The zero-order valence-corrected chi connectivity index (χ0v) is 13.2. The van der Waals surface area contributed by atoms with E-state index >= 15 is 0 Å². The van der Waals surface area contributed by atoms with Gasteiger partial charge in [-0.15, -0.1) is 0 Å². The summed E-state index contributed by atoms with van der Waals surface area (Å²) in [6.07, 6.45) is 0.835. The fraction of sp³-hybridized carbons (Fsp3) is 0.143. The monoisotopic (exact) mass is 304 g/mol. The normalized spacial score (nSPS) is 10.7. The molecule has 1 N–H and O–H groups in total. The van der Waals surface area contributed by atoms with Crippen LogP contribution in [-0.4, -0.2) is 18.8 Å². The molecule has 0 heterocycles. The third-order valence-corrected chi connectivity index (χ3v) is 3.95. The van der Waals surface area contributed by atoms with Crippen LogP contribution in [0.1, 0.15) is 5.56 Å². The van der Waals surface area contributed by atoms with Crippen molar-refractivity contribution >= 4 is 0 Å². The van der Waals surface area contributed by atoms with Crippen LogP contribution in [0.4, 0.5) is 0 Å². The number of benzene rings is 3. The van der Waals surface area contributed by atoms with Gasteiger partial charge in [-0.1, -0.05) is 60.7 Å². The van der Waals surface area contributed by atoms with Gasteiger partial charge in [0.05, 0.1) is 6.61 Å². The van der Waals surface area contributed by atoms with E-state index in [-0.39, 0.29) is 5.75 Å². The van der Waals surface area contributed by atoms with Crippen molar-refractivity contribution in [3.63, 3.8) is 0 Å². The molecule has 0 fully saturated rings. The molecule has 2 heteroatoms. The first kappa shape index (κ1) is 15.3. The minimum atomic E-state index is 0.285. The summed E-state index contributed by atoms with van der Waals surface area (Å²) in [5, 5.41) is 9.75. The third-order valence-electron chi connectivity index (χ3n) is 3.95. The predicted octanol–water partition coefficient (Wildman–Crippen LogP) is 4.92. The second-order valence-corrected chi connectivity index (χ2v) is 5.53. The van der Waals surface area contributed by atoms with Crippen LogP contribution in [0.2, 0.25) is 0 Å². The van der Waals surface area contributed by atoms with E-state index in [2.05, 4.69) is 30.3 Å². The van der Waals surface area contributed by atoms with Crippen molar-refractivity contribution in [2.24, 2.45) is 0 Å². The van der Waals surface area contributed by atoms with Gasteiger partial charge in [-0.2, -0.15) is 0 Å². The lowest BCUT2D eigenvalue weighted by Gasteiger charge is -2.13. The molecular weight excluding hydrogens is 284 g/mol. The van der Waals surface area contributed by atoms with Gasteiger partial charge in [0.15, 0.2) is 0 Å². The van der Waals surface area contributed by atoms with E-state index in [1.54, 1.807) is 19.2 Å². The Morgan fingerprint density at radius 3 is 2.30 bits per heavy atom. The average Bonchev–Trinajstić information content (AvgIpc) is 2.60. The van der Waals surface area contributed by atoms with Gasteiger partial charge in [0, 0.05) is 7.11 Å². The SMILES string of the molecule is COCCc1cc(-c2ccccc2)ccc1-c1cccc(O)c1. The molecule has 0 unspecified atom stereocenters. The van der Waals surface area contributed by atoms with Crippen molar-refractivity contribution in [3.8, 4) is 28.0 Å². The summed E-state index contributed by atoms with van der Waals surface area (Å²) in [6.45, 7) is 0.671. The summed E-state index contributed by atoms with van der Waals surface area (Å²) in [6, 6.07) is 24.2. The molecule has 2 nitrogen and oxygen atoms in total. The molecule has 0 bridgehead atoms. The maximum Gasteiger partial charge on any atom is 0.116 e. The minimum absolute atomic E-state index is 0.285. The molecule has 23 heavy (non-hydrogen) atoms. The largest absolute Gasteiger partial charge is 0.508 e. The van der Waals surface area contributed by atoms with Crippen LogP contribution in [0, 0.1) is 0 Å². The number of rotatable bonds is 5. The van der Waals surface area contributed by atoms with Crippen molar-refractivity contribution in [3.05, 3.63) is 78.4 Å². The first-order valence-corrected chi connectivity index (χ1v) is 7.74. The number of phenols is 1. The summed E-state index contributed by atoms with van der Waals surface area (Å²) in [5.74, 6) is 0.285. The molecule has 0 radical (unpaired) electrons. The molecule has 0 aliphatic carbocycles. The highest BCUT2D eigenvalue weighted by atomic mass is 16.5. The molecule has 0 aliphatic rings. The molecule has 0 atom stereocenters. The summed E-state index contributed by atoms with van der Waals surface area (Å²) in [4.78, 5) is 0. The van der Waals surface area contributed by atoms with Crippen LogP contribution < -0.4 is 0 Å². The second kappa shape index (κ2) is 7.12. The van der Waals surface area contributed by atoms with Gasteiger partial charge >= 0.3 is 0 Å². The zero-order valence-electron chi connectivity index (χ0n) is 13.2. The lowest BCUT2D eigenvalue weighted by molar-refractivity contribution is 0.202. The molecule has 0 saturated carbocycles. The fourth-order valence-corrected chi connectivity index (χ4v) is 2.78. The molecule has 116 valence electrons. The van der Waals surface area contributed by atoms with Gasteiger partial charge in [-0.3, -0.25) is 0 Å². The predicted molar refractivity (Wildman–Crippen MR) is 94.6 cm³/mol. The highest BCUT2D eigenvalue weighted by molar-refractivity contribution is 5.74. The zero-order chi connectivity index (χ0) is 16.1. The molecule has 0 amide bonds. The maximum atomic E-state index is 9.75. The Balaban J connectivity index is 2.05. The van der Waals surface area contributed by atoms with Crippen LogP contribution >= 0.6 is 0 Å². The van der Waals surface area contributed by atoms with Crippen LogP contribution in [0.15, 0.2) is 72.8 Å². The molecule has 0 aromatic heterocycles. The summed E-state index contributed by atoms with van der Waals surface area (Å²) in [7, 11) is 1.72. The van der Waals surface area contributed by atoms with Gasteiger partial charge in [0.2, 0.25) is 0 Å². The van der Waals surface area contributed by atoms with Crippen LogP contribution in [0.3, 0.4) is 0 Å². The second-order valence-electron chi connectivity index (χ2n) is 5.53. The van der Waals surface area contributed by atoms with Crippen molar-refractivity contribution in [1.29, 1.82) is 0 Å². The van der Waals surface area contributed by atoms with Gasteiger partial charge in [0.1, 0.15) is 5.75 Å². The molecule has 3 aromatic rings. The van der Waals surface area contributed by atoms with E-state index in [1.807, 2.05) is 30.3 Å². The first-order chi connectivity index (χ1) is 11.3. The quantitative estimate of drug-likeness (QED) is 0.725. The first-order valence-electron chi connectivity index (χ1n) is 7.74. The molecular formula is C21H20O2.